The Hall–Kier alpha value is -2.05. The molecule has 0 radical (unpaired) electrons. The number of aromatic nitrogens is 3. The summed E-state index contributed by atoms with van der Waals surface area (Å²) in [7, 11) is 0. The molecule has 96 valence electrons. The second kappa shape index (κ2) is 4.67. The predicted octanol–water partition coefficient (Wildman–Crippen LogP) is 2.72. The molecule has 0 aliphatic heterocycles. The number of imidazole rings is 1. The molecule has 4 nitrogen and oxygen atoms in total. The van der Waals surface area contributed by atoms with Gasteiger partial charge < -0.3 is 5.32 Å². The maximum atomic E-state index is 12.4. The van der Waals surface area contributed by atoms with Gasteiger partial charge in [-0.3, -0.25) is 4.57 Å². The van der Waals surface area contributed by atoms with Crippen LogP contribution in [0.25, 0.3) is 5.69 Å². The number of anilines is 1. The average Bonchev–Trinajstić information content (AvgIpc) is 2.77. The van der Waals surface area contributed by atoms with Gasteiger partial charge >= 0.3 is 6.18 Å². The van der Waals surface area contributed by atoms with Gasteiger partial charge in [0.05, 0.1) is 11.9 Å². The van der Waals surface area contributed by atoms with E-state index in [1.54, 1.807) is 17.0 Å². The van der Waals surface area contributed by atoms with E-state index in [-0.39, 0.29) is 0 Å². The molecule has 0 atom stereocenters. The van der Waals surface area contributed by atoms with Gasteiger partial charge in [-0.1, -0.05) is 0 Å². The molecule has 0 fully saturated rings. The zero-order chi connectivity index (χ0) is 13.2. The van der Waals surface area contributed by atoms with Crippen LogP contribution in [0, 0.1) is 0 Å². The third kappa shape index (κ3) is 2.44. The first-order valence-corrected chi connectivity index (χ1v) is 5.33. The quantitative estimate of drug-likeness (QED) is 0.918. The van der Waals surface area contributed by atoms with E-state index in [0.717, 1.165) is 6.07 Å². The fourth-order valence-electron chi connectivity index (χ4n) is 1.50. The van der Waals surface area contributed by atoms with Crippen LogP contribution in [0.3, 0.4) is 0 Å². The topological polar surface area (TPSA) is 42.7 Å². The molecule has 0 amide bonds. The normalized spacial score (nSPS) is 11.6. The van der Waals surface area contributed by atoms with Gasteiger partial charge in [0, 0.05) is 18.9 Å². The molecule has 0 saturated heterocycles. The molecule has 2 heterocycles. The highest BCUT2D eigenvalue weighted by molar-refractivity contribution is 5.40. The number of hydrogen-bond donors (Lipinski definition) is 1. The Kier molecular flexibility index (Phi) is 3.22. The number of pyridine rings is 1. The zero-order valence-electron chi connectivity index (χ0n) is 9.57. The largest absolute Gasteiger partial charge is 0.433 e. The van der Waals surface area contributed by atoms with E-state index < -0.39 is 11.9 Å². The van der Waals surface area contributed by atoms with Crippen molar-refractivity contribution in [1.29, 1.82) is 0 Å². The maximum absolute atomic E-state index is 12.4. The summed E-state index contributed by atoms with van der Waals surface area (Å²) in [5.41, 5.74) is -0.382. The van der Waals surface area contributed by atoms with Crippen LogP contribution in [0.15, 0.2) is 30.7 Å². The number of halogens is 3. The number of nitrogens with zero attached hydrogens (tertiary/aromatic N) is 3. The van der Waals surface area contributed by atoms with Crippen LogP contribution in [0.4, 0.5) is 19.1 Å². The molecule has 0 saturated carbocycles. The van der Waals surface area contributed by atoms with Crippen LogP contribution in [0.5, 0.6) is 0 Å². The van der Waals surface area contributed by atoms with Gasteiger partial charge in [-0.25, -0.2) is 9.97 Å². The van der Waals surface area contributed by atoms with Gasteiger partial charge in [-0.05, 0) is 19.1 Å². The van der Waals surface area contributed by atoms with Crippen molar-refractivity contribution in [1.82, 2.24) is 14.5 Å². The molecule has 0 unspecified atom stereocenters. The Labute approximate surface area is 101 Å². The molecule has 0 bridgehead atoms. The summed E-state index contributed by atoms with van der Waals surface area (Å²) in [4.78, 5) is 7.46. The molecule has 2 aromatic rings. The monoisotopic (exact) mass is 256 g/mol. The number of nitrogens with one attached hydrogen (secondary N) is 1. The zero-order valence-corrected chi connectivity index (χ0v) is 9.57. The van der Waals surface area contributed by atoms with Gasteiger partial charge in [-0.2, -0.15) is 13.2 Å². The molecule has 1 N–H and O–H groups in total. The van der Waals surface area contributed by atoms with Crippen molar-refractivity contribution in [3.63, 3.8) is 0 Å². The van der Waals surface area contributed by atoms with Gasteiger partial charge in [-0.15, -0.1) is 0 Å². The van der Waals surface area contributed by atoms with Crippen molar-refractivity contribution in [2.75, 3.05) is 11.9 Å². The molecule has 0 aliphatic carbocycles. The van der Waals surface area contributed by atoms with Crippen molar-refractivity contribution < 1.29 is 13.2 Å². The summed E-state index contributed by atoms with van der Waals surface area (Å²) >= 11 is 0. The smallest absolute Gasteiger partial charge is 0.356 e. The van der Waals surface area contributed by atoms with Crippen molar-refractivity contribution in [2.45, 2.75) is 13.1 Å². The Morgan fingerprint density at radius 1 is 1.28 bits per heavy atom. The highest BCUT2D eigenvalue weighted by atomic mass is 19.4. The summed E-state index contributed by atoms with van der Waals surface area (Å²) in [5, 5.41) is 3.00. The van der Waals surface area contributed by atoms with E-state index in [1.807, 2.05) is 6.92 Å². The van der Waals surface area contributed by atoms with Crippen LogP contribution in [-0.4, -0.2) is 21.1 Å². The molecule has 0 aromatic carbocycles. The molecule has 2 aromatic heterocycles. The van der Waals surface area contributed by atoms with E-state index in [0.29, 0.717) is 18.2 Å². The summed E-state index contributed by atoms with van der Waals surface area (Å²) < 4.78 is 38.7. The van der Waals surface area contributed by atoms with Gasteiger partial charge in [0.1, 0.15) is 5.69 Å². The minimum Gasteiger partial charge on any atom is -0.356 e. The van der Waals surface area contributed by atoms with E-state index >= 15 is 0 Å². The fourth-order valence-corrected chi connectivity index (χ4v) is 1.50. The minimum absolute atomic E-state index is 0.524. The highest BCUT2D eigenvalue weighted by Crippen LogP contribution is 2.27. The lowest BCUT2D eigenvalue weighted by atomic mass is 10.3. The first-order chi connectivity index (χ1) is 8.52. The number of hydrogen-bond acceptors (Lipinski definition) is 3. The third-order valence-corrected chi connectivity index (χ3v) is 2.29. The van der Waals surface area contributed by atoms with Crippen LogP contribution in [-0.2, 0) is 6.18 Å². The van der Waals surface area contributed by atoms with Crippen molar-refractivity contribution in [3.05, 3.63) is 36.4 Å². The third-order valence-electron chi connectivity index (χ3n) is 2.29. The molecule has 2 rings (SSSR count). The van der Waals surface area contributed by atoms with Gasteiger partial charge in [0.2, 0.25) is 5.95 Å². The van der Waals surface area contributed by atoms with E-state index in [4.69, 9.17) is 0 Å². The lowest BCUT2D eigenvalue weighted by molar-refractivity contribution is -0.141. The lowest BCUT2D eigenvalue weighted by Gasteiger charge is -2.09. The first-order valence-electron chi connectivity index (χ1n) is 5.33. The van der Waals surface area contributed by atoms with Crippen molar-refractivity contribution >= 4 is 5.95 Å². The Bertz CT molecular complexity index is 516. The number of alkyl halides is 3. The van der Waals surface area contributed by atoms with Gasteiger partial charge in [0.25, 0.3) is 0 Å². The molecule has 0 aliphatic rings. The van der Waals surface area contributed by atoms with Crippen molar-refractivity contribution in [2.24, 2.45) is 0 Å². The minimum atomic E-state index is -4.42. The standard InChI is InChI=1S/C11H11F3N4/c1-2-15-10-16-5-6-18(10)8-3-4-9(17-7-8)11(12,13)14/h3-7H,2H2,1H3,(H,15,16). The van der Waals surface area contributed by atoms with E-state index in [2.05, 4.69) is 15.3 Å². The second-order valence-corrected chi connectivity index (χ2v) is 3.55. The molecular formula is C11H11F3N4. The van der Waals surface area contributed by atoms with Gasteiger partial charge in [0.15, 0.2) is 0 Å². The first kappa shape index (κ1) is 12.4. The maximum Gasteiger partial charge on any atom is 0.433 e. The fraction of sp³-hybridized carbons (Fsp3) is 0.273. The Balaban J connectivity index is 2.32. The van der Waals surface area contributed by atoms with Crippen molar-refractivity contribution in [3.8, 4) is 5.69 Å². The molecule has 0 spiro atoms. The highest BCUT2D eigenvalue weighted by Gasteiger charge is 2.32. The summed E-state index contributed by atoms with van der Waals surface area (Å²) in [6.45, 7) is 2.58. The average molecular weight is 256 g/mol. The second-order valence-electron chi connectivity index (χ2n) is 3.55. The Morgan fingerprint density at radius 2 is 2.06 bits per heavy atom. The van der Waals surface area contributed by atoms with E-state index in [1.165, 1.54) is 12.3 Å². The van der Waals surface area contributed by atoms with Crippen LogP contribution < -0.4 is 5.32 Å². The predicted molar refractivity (Wildman–Crippen MR) is 60.5 cm³/mol. The molecule has 7 heteroatoms. The van der Waals surface area contributed by atoms with Crippen LogP contribution in [0.1, 0.15) is 12.6 Å². The number of rotatable bonds is 3. The Morgan fingerprint density at radius 3 is 2.61 bits per heavy atom. The molecule has 18 heavy (non-hydrogen) atoms. The van der Waals surface area contributed by atoms with Crippen LogP contribution >= 0.6 is 0 Å². The SMILES string of the molecule is CCNc1nccn1-c1ccc(C(F)(F)F)nc1. The molecular weight excluding hydrogens is 245 g/mol. The summed E-state index contributed by atoms with van der Waals surface area (Å²) in [6.07, 6.45) is -0.0265. The lowest BCUT2D eigenvalue weighted by Crippen LogP contribution is -2.09. The van der Waals surface area contributed by atoms with E-state index in [9.17, 15) is 13.2 Å². The summed E-state index contributed by atoms with van der Waals surface area (Å²) in [6, 6.07) is 2.31. The summed E-state index contributed by atoms with van der Waals surface area (Å²) in [5.74, 6) is 0.569. The van der Waals surface area contributed by atoms with Crippen LogP contribution in [0.2, 0.25) is 0 Å².